The Hall–Kier alpha value is -3.65. The molecule has 0 saturated carbocycles. The highest BCUT2D eigenvalue weighted by Gasteiger charge is 2.25. The molecule has 0 spiro atoms. The summed E-state index contributed by atoms with van der Waals surface area (Å²) in [6.07, 6.45) is 0. The Labute approximate surface area is 194 Å². The van der Waals surface area contributed by atoms with Crippen LogP contribution < -0.4 is 9.62 Å². The lowest BCUT2D eigenvalue weighted by Gasteiger charge is -2.22. The molecule has 0 fully saturated rings. The summed E-state index contributed by atoms with van der Waals surface area (Å²) in [4.78, 5) is 25.2. The number of hydrogen-bond donors (Lipinski definition) is 1. The van der Waals surface area contributed by atoms with E-state index in [-0.39, 0.29) is 22.8 Å². The van der Waals surface area contributed by atoms with Gasteiger partial charge in [-0.15, -0.1) is 0 Å². The zero-order valence-electron chi connectivity index (χ0n) is 19.0. The number of hydrogen-bond acceptors (Lipinski definition) is 5. The van der Waals surface area contributed by atoms with Crippen molar-refractivity contribution in [3.63, 3.8) is 0 Å². The van der Waals surface area contributed by atoms with E-state index in [1.165, 1.54) is 19.2 Å². The number of carbonyl (C=O) groups is 2. The van der Waals surface area contributed by atoms with Crippen molar-refractivity contribution in [2.24, 2.45) is 0 Å². The molecular formula is C25H26N2O5S. The van der Waals surface area contributed by atoms with Gasteiger partial charge in [-0.25, -0.2) is 13.2 Å². The molecule has 0 bridgehead atoms. The topological polar surface area (TPSA) is 92.8 Å². The van der Waals surface area contributed by atoms with Crippen LogP contribution >= 0.6 is 0 Å². The summed E-state index contributed by atoms with van der Waals surface area (Å²) in [6.45, 7) is 5.64. The van der Waals surface area contributed by atoms with Crippen LogP contribution in [0.4, 0.5) is 11.4 Å². The third kappa shape index (κ3) is 5.23. The zero-order chi connectivity index (χ0) is 24.2. The second kappa shape index (κ2) is 9.87. The minimum absolute atomic E-state index is 0.135. The Morgan fingerprint density at radius 3 is 2.27 bits per heavy atom. The number of carbonyl (C=O) groups excluding carboxylic acids is 2. The van der Waals surface area contributed by atoms with Gasteiger partial charge in [0.1, 0.15) is 0 Å². The van der Waals surface area contributed by atoms with E-state index in [4.69, 9.17) is 4.74 Å². The summed E-state index contributed by atoms with van der Waals surface area (Å²) in [5, 5.41) is 2.81. The highest BCUT2D eigenvalue weighted by Crippen LogP contribution is 2.27. The van der Waals surface area contributed by atoms with Crippen LogP contribution in [0.3, 0.4) is 0 Å². The molecule has 8 heteroatoms. The maximum Gasteiger partial charge on any atom is 0.338 e. The van der Waals surface area contributed by atoms with Crippen molar-refractivity contribution < 1.29 is 22.7 Å². The van der Waals surface area contributed by atoms with E-state index in [9.17, 15) is 18.0 Å². The van der Waals surface area contributed by atoms with Gasteiger partial charge >= 0.3 is 5.97 Å². The highest BCUT2D eigenvalue weighted by molar-refractivity contribution is 7.92. The quantitative estimate of drug-likeness (QED) is 0.516. The molecule has 7 nitrogen and oxygen atoms in total. The van der Waals surface area contributed by atoms with E-state index in [2.05, 4.69) is 5.32 Å². The highest BCUT2D eigenvalue weighted by atomic mass is 32.2. The first-order valence-corrected chi connectivity index (χ1v) is 11.8. The molecule has 0 aliphatic rings. The Balaban J connectivity index is 1.89. The van der Waals surface area contributed by atoms with Crippen molar-refractivity contribution in [3.05, 3.63) is 89.0 Å². The minimum atomic E-state index is -3.86. The standard InChI is InChI=1S/C25H26N2O5S/c1-5-32-25(29)19-12-15-22(18(3)16-19)26-24(28)21-8-6-7-9-23(21)27(4)33(30,31)20-13-10-17(2)11-14-20/h6-16H,5H2,1-4H3,(H,26,28). The number of esters is 1. The van der Waals surface area contributed by atoms with Crippen LogP contribution in [0, 0.1) is 13.8 Å². The van der Waals surface area contributed by atoms with Crippen molar-refractivity contribution in [2.75, 3.05) is 23.3 Å². The maximum atomic E-state index is 13.1. The van der Waals surface area contributed by atoms with E-state index in [0.29, 0.717) is 16.8 Å². The van der Waals surface area contributed by atoms with Gasteiger partial charge in [-0.1, -0.05) is 29.8 Å². The van der Waals surface area contributed by atoms with Gasteiger partial charge < -0.3 is 10.1 Å². The van der Waals surface area contributed by atoms with Gasteiger partial charge in [0.2, 0.25) is 0 Å². The number of aryl methyl sites for hydroxylation is 2. The normalized spacial score (nSPS) is 11.0. The fraction of sp³-hybridized carbons (Fsp3) is 0.200. The summed E-state index contributed by atoms with van der Waals surface area (Å²) >= 11 is 0. The first kappa shape index (κ1) is 24.0. The maximum absolute atomic E-state index is 13.1. The molecule has 3 rings (SSSR count). The lowest BCUT2D eigenvalue weighted by molar-refractivity contribution is 0.0526. The van der Waals surface area contributed by atoms with E-state index >= 15 is 0 Å². The monoisotopic (exact) mass is 466 g/mol. The van der Waals surface area contributed by atoms with Crippen LogP contribution in [0.1, 0.15) is 38.8 Å². The fourth-order valence-electron chi connectivity index (χ4n) is 3.27. The number of sulfonamides is 1. The lowest BCUT2D eigenvalue weighted by atomic mass is 10.1. The van der Waals surface area contributed by atoms with Crippen molar-refractivity contribution in [1.29, 1.82) is 0 Å². The number of ether oxygens (including phenoxy) is 1. The Bertz CT molecular complexity index is 1280. The number of benzene rings is 3. The Kier molecular flexibility index (Phi) is 7.18. The summed E-state index contributed by atoms with van der Waals surface area (Å²) < 4.78 is 32.4. The molecule has 1 N–H and O–H groups in total. The van der Waals surface area contributed by atoms with E-state index < -0.39 is 21.9 Å². The summed E-state index contributed by atoms with van der Waals surface area (Å²) in [5.41, 5.74) is 2.96. The second-order valence-corrected chi connectivity index (χ2v) is 9.48. The molecule has 0 saturated heterocycles. The van der Waals surface area contributed by atoms with E-state index in [1.54, 1.807) is 68.4 Å². The summed E-state index contributed by atoms with van der Waals surface area (Å²) in [7, 11) is -2.45. The van der Waals surface area contributed by atoms with Crippen LogP contribution in [0.2, 0.25) is 0 Å². The number of nitrogens with one attached hydrogen (secondary N) is 1. The molecular weight excluding hydrogens is 440 g/mol. The van der Waals surface area contributed by atoms with E-state index in [0.717, 1.165) is 9.87 Å². The van der Waals surface area contributed by atoms with Crippen molar-refractivity contribution >= 4 is 33.3 Å². The van der Waals surface area contributed by atoms with Gasteiger partial charge in [0.05, 0.1) is 28.3 Å². The van der Waals surface area contributed by atoms with Crippen molar-refractivity contribution in [1.82, 2.24) is 0 Å². The predicted octanol–water partition coefficient (Wildman–Crippen LogP) is 4.56. The molecule has 3 aromatic carbocycles. The predicted molar refractivity (Wildman–Crippen MR) is 128 cm³/mol. The number of para-hydroxylation sites is 1. The van der Waals surface area contributed by atoms with E-state index in [1.807, 2.05) is 6.92 Å². The molecule has 0 atom stereocenters. The SMILES string of the molecule is CCOC(=O)c1ccc(NC(=O)c2ccccc2N(C)S(=O)(=O)c2ccc(C)cc2)c(C)c1. The van der Waals surface area contributed by atoms with Gasteiger partial charge in [0.25, 0.3) is 15.9 Å². The summed E-state index contributed by atoms with van der Waals surface area (Å²) in [5.74, 6) is -0.907. The molecule has 1 amide bonds. The average Bonchev–Trinajstić information content (AvgIpc) is 2.80. The molecule has 0 aromatic heterocycles. The second-order valence-electron chi connectivity index (χ2n) is 7.51. The smallest absolute Gasteiger partial charge is 0.338 e. The number of anilines is 2. The molecule has 0 heterocycles. The van der Waals surface area contributed by atoms with Crippen LogP contribution in [-0.4, -0.2) is 33.9 Å². The Morgan fingerprint density at radius 2 is 1.64 bits per heavy atom. The minimum Gasteiger partial charge on any atom is -0.462 e. The largest absolute Gasteiger partial charge is 0.462 e. The van der Waals surface area contributed by atoms with Crippen molar-refractivity contribution in [3.8, 4) is 0 Å². The third-order valence-electron chi connectivity index (χ3n) is 5.15. The van der Waals surface area contributed by atoms with Gasteiger partial charge in [-0.2, -0.15) is 0 Å². The molecule has 0 aliphatic carbocycles. The van der Waals surface area contributed by atoms with Gasteiger partial charge in [0.15, 0.2) is 0 Å². The number of rotatable bonds is 7. The molecule has 0 aliphatic heterocycles. The molecule has 33 heavy (non-hydrogen) atoms. The number of nitrogens with zero attached hydrogens (tertiary/aromatic N) is 1. The number of amides is 1. The van der Waals surface area contributed by atoms with Crippen molar-refractivity contribution in [2.45, 2.75) is 25.7 Å². The fourth-order valence-corrected chi connectivity index (χ4v) is 4.49. The molecule has 3 aromatic rings. The Morgan fingerprint density at radius 1 is 0.970 bits per heavy atom. The van der Waals surface area contributed by atoms with Crippen LogP contribution in [0.15, 0.2) is 71.6 Å². The lowest BCUT2D eigenvalue weighted by Crippen LogP contribution is -2.29. The molecule has 172 valence electrons. The first-order valence-electron chi connectivity index (χ1n) is 10.4. The third-order valence-corrected chi connectivity index (χ3v) is 6.94. The van der Waals surface area contributed by atoms with Crippen LogP contribution in [0.5, 0.6) is 0 Å². The van der Waals surface area contributed by atoms with Gasteiger partial charge in [-0.3, -0.25) is 9.10 Å². The first-order chi connectivity index (χ1) is 15.6. The van der Waals surface area contributed by atoms with Gasteiger partial charge in [0, 0.05) is 12.7 Å². The summed E-state index contributed by atoms with van der Waals surface area (Å²) in [6, 6.07) is 17.8. The zero-order valence-corrected chi connectivity index (χ0v) is 19.8. The van der Waals surface area contributed by atoms with Crippen LogP contribution in [0.25, 0.3) is 0 Å². The van der Waals surface area contributed by atoms with Gasteiger partial charge in [-0.05, 0) is 68.8 Å². The average molecular weight is 467 g/mol. The molecule has 0 radical (unpaired) electrons. The molecule has 0 unspecified atom stereocenters. The van der Waals surface area contributed by atoms with Crippen LogP contribution in [-0.2, 0) is 14.8 Å².